The summed E-state index contributed by atoms with van der Waals surface area (Å²) in [7, 11) is 1.68. The van der Waals surface area contributed by atoms with Crippen molar-refractivity contribution in [1.82, 2.24) is 10.1 Å². The van der Waals surface area contributed by atoms with Crippen LogP contribution in [0.25, 0.3) is 0 Å². The summed E-state index contributed by atoms with van der Waals surface area (Å²) in [5, 5.41) is 3.96. The van der Waals surface area contributed by atoms with Crippen molar-refractivity contribution >= 4 is 0 Å². The molecule has 5 heteroatoms. The first-order chi connectivity index (χ1) is 8.69. The zero-order valence-electron chi connectivity index (χ0n) is 11.7. The van der Waals surface area contributed by atoms with Crippen LogP contribution in [-0.2, 0) is 17.6 Å². The number of aromatic nitrogens is 2. The molecule has 0 amide bonds. The average molecular weight is 255 g/mol. The largest absolute Gasteiger partial charge is 0.381 e. The Morgan fingerprint density at radius 3 is 2.78 bits per heavy atom. The van der Waals surface area contributed by atoms with E-state index in [4.69, 9.17) is 15.0 Å². The van der Waals surface area contributed by atoms with Gasteiger partial charge in [0.1, 0.15) is 0 Å². The molecule has 1 aromatic heterocycles. The zero-order valence-corrected chi connectivity index (χ0v) is 11.7. The summed E-state index contributed by atoms with van der Waals surface area (Å²) in [5.41, 5.74) is 5.58. The Kier molecular flexibility index (Phi) is 6.90. The molecule has 18 heavy (non-hydrogen) atoms. The maximum absolute atomic E-state index is 5.58. The van der Waals surface area contributed by atoms with Gasteiger partial charge in [0.05, 0.1) is 6.10 Å². The summed E-state index contributed by atoms with van der Waals surface area (Å²) in [5.74, 6) is 2.11. The highest BCUT2D eigenvalue weighted by molar-refractivity contribution is 4.88. The van der Waals surface area contributed by atoms with E-state index >= 15 is 0 Å². The van der Waals surface area contributed by atoms with Gasteiger partial charge >= 0.3 is 0 Å². The molecular weight excluding hydrogens is 230 g/mol. The highest BCUT2D eigenvalue weighted by Crippen LogP contribution is 2.15. The van der Waals surface area contributed by atoms with Crippen molar-refractivity contribution in [3.05, 3.63) is 11.7 Å². The third-order valence-corrected chi connectivity index (χ3v) is 3.30. The smallest absolute Gasteiger partial charge is 0.226 e. The van der Waals surface area contributed by atoms with E-state index in [0.717, 1.165) is 43.9 Å². The fourth-order valence-electron chi connectivity index (χ4n) is 1.93. The summed E-state index contributed by atoms with van der Waals surface area (Å²) >= 11 is 0. The molecular formula is C13H25N3O2. The number of aryl methyl sites for hydroxylation is 1. The van der Waals surface area contributed by atoms with E-state index in [1.165, 1.54) is 0 Å². The Morgan fingerprint density at radius 1 is 1.39 bits per heavy atom. The first-order valence-corrected chi connectivity index (χ1v) is 6.73. The Balaban J connectivity index is 2.38. The molecule has 0 aliphatic rings. The second-order valence-electron chi connectivity index (χ2n) is 4.75. The van der Waals surface area contributed by atoms with E-state index in [1.54, 1.807) is 7.11 Å². The first-order valence-electron chi connectivity index (χ1n) is 6.73. The number of nitrogens with zero attached hydrogens (tertiary/aromatic N) is 2. The predicted octanol–water partition coefficient (Wildman–Crippen LogP) is 1.95. The molecule has 0 spiro atoms. The van der Waals surface area contributed by atoms with Gasteiger partial charge in [-0.15, -0.1) is 0 Å². The van der Waals surface area contributed by atoms with Crippen LogP contribution in [0.3, 0.4) is 0 Å². The molecule has 0 saturated carbocycles. The molecule has 0 aliphatic carbocycles. The van der Waals surface area contributed by atoms with Gasteiger partial charge in [-0.3, -0.25) is 0 Å². The summed E-state index contributed by atoms with van der Waals surface area (Å²) in [4.78, 5) is 4.38. The van der Waals surface area contributed by atoms with Crippen molar-refractivity contribution in [2.24, 2.45) is 11.7 Å². The average Bonchev–Trinajstić information content (AvgIpc) is 2.81. The fourth-order valence-corrected chi connectivity index (χ4v) is 1.93. The lowest BCUT2D eigenvalue weighted by Crippen LogP contribution is -2.10. The molecule has 0 aliphatic heterocycles. The standard InChI is InChI=1S/C13H25N3O2/c1-4-11(7-8-14)5-6-13-15-12(16-18-13)9-10(2)17-3/h10-11H,4-9,14H2,1-3H3. The van der Waals surface area contributed by atoms with E-state index in [2.05, 4.69) is 17.1 Å². The molecule has 0 saturated heterocycles. The van der Waals surface area contributed by atoms with E-state index in [-0.39, 0.29) is 6.10 Å². The van der Waals surface area contributed by atoms with Gasteiger partial charge in [0, 0.05) is 20.0 Å². The van der Waals surface area contributed by atoms with Gasteiger partial charge in [0.2, 0.25) is 5.89 Å². The quantitative estimate of drug-likeness (QED) is 0.730. The number of rotatable bonds is 9. The second-order valence-corrected chi connectivity index (χ2v) is 4.75. The summed E-state index contributed by atoms with van der Waals surface area (Å²) in [6.07, 6.45) is 4.94. The summed E-state index contributed by atoms with van der Waals surface area (Å²) < 4.78 is 10.4. The monoisotopic (exact) mass is 255 g/mol. The van der Waals surface area contributed by atoms with Crippen molar-refractivity contribution < 1.29 is 9.26 Å². The maximum atomic E-state index is 5.58. The third kappa shape index (κ3) is 5.14. The normalized spacial score (nSPS) is 14.7. The number of nitrogens with two attached hydrogens (primary N) is 1. The SMILES string of the molecule is CCC(CCN)CCc1nc(CC(C)OC)no1. The Labute approximate surface area is 109 Å². The highest BCUT2D eigenvalue weighted by Gasteiger charge is 2.12. The minimum Gasteiger partial charge on any atom is -0.381 e. The van der Waals surface area contributed by atoms with E-state index in [0.29, 0.717) is 12.3 Å². The van der Waals surface area contributed by atoms with E-state index in [1.807, 2.05) is 6.92 Å². The van der Waals surface area contributed by atoms with E-state index < -0.39 is 0 Å². The molecule has 104 valence electrons. The van der Waals surface area contributed by atoms with Crippen LogP contribution in [-0.4, -0.2) is 29.9 Å². The number of hydrogen-bond acceptors (Lipinski definition) is 5. The maximum Gasteiger partial charge on any atom is 0.226 e. The van der Waals surface area contributed by atoms with Crippen LogP contribution in [0, 0.1) is 5.92 Å². The van der Waals surface area contributed by atoms with Gasteiger partial charge < -0.3 is 15.0 Å². The number of hydrogen-bond donors (Lipinski definition) is 1. The Bertz CT molecular complexity index is 328. The van der Waals surface area contributed by atoms with Crippen LogP contribution in [0.1, 0.15) is 44.8 Å². The predicted molar refractivity (Wildman–Crippen MR) is 70.2 cm³/mol. The third-order valence-electron chi connectivity index (χ3n) is 3.30. The van der Waals surface area contributed by atoms with E-state index in [9.17, 15) is 0 Å². The summed E-state index contributed by atoms with van der Waals surface area (Å²) in [6, 6.07) is 0. The molecule has 0 aromatic carbocycles. The van der Waals surface area contributed by atoms with Gasteiger partial charge in [-0.25, -0.2) is 0 Å². The molecule has 1 rings (SSSR count). The zero-order chi connectivity index (χ0) is 13.4. The van der Waals surface area contributed by atoms with Gasteiger partial charge in [-0.05, 0) is 32.2 Å². The van der Waals surface area contributed by atoms with Gasteiger partial charge in [0.25, 0.3) is 0 Å². The van der Waals surface area contributed by atoms with Gasteiger partial charge in [0.15, 0.2) is 5.82 Å². The minimum absolute atomic E-state index is 0.121. The molecule has 0 fully saturated rings. The number of methoxy groups -OCH3 is 1. The van der Waals surface area contributed by atoms with Crippen LogP contribution >= 0.6 is 0 Å². The molecule has 2 unspecified atom stereocenters. The second kappa shape index (κ2) is 8.21. The van der Waals surface area contributed by atoms with Gasteiger partial charge in [-0.1, -0.05) is 18.5 Å². The van der Waals surface area contributed by atoms with Crippen molar-refractivity contribution in [3.8, 4) is 0 Å². The topological polar surface area (TPSA) is 74.2 Å². The highest BCUT2D eigenvalue weighted by atomic mass is 16.5. The Morgan fingerprint density at radius 2 is 2.17 bits per heavy atom. The molecule has 2 N–H and O–H groups in total. The molecule has 0 radical (unpaired) electrons. The van der Waals surface area contributed by atoms with Crippen LogP contribution < -0.4 is 5.73 Å². The number of ether oxygens (including phenoxy) is 1. The van der Waals surface area contributed by atoms with Gasteiger partial charge in [-0.2, -0.15) is 4.98 Å². The molecule has 5 nitrogen and oxygen atoms in total. The molecule has 1 heterocycles. The van der Waals surface area contributed by atoms with Crippen LogP contribution in [0.5, 0.6) is 0 Å². The minimum atomic E-state index is 0.121. The summed E-state index contributed by atoms with van der Waals surface area (Å²) in [6.45, 7) is 4.93. The van der Waals surface area contributed by atoms with Crippen molar-refractivity contribution in [1.29, 1.82) is 0 Å². The lowest BCUT2D eigenvalue weighted by Gasteiger charge is -2.11. The van der Waals surface area contributed by atoms with Crippen LogP contribution in [0.2, 0.25) is 0 Å². The van der Waals surface area contributed by atoms with Crippen LogP contribution in [0.4, 0.5) is 0 Å². The Hall–Kier alpha value is -0.940. The first kappa shape index (κ1) is 15.1. The van der Waals surface area contributed by atoms with Crippen LogP contribution in [0.15, 0.2) is 4.52 Å². The van der Waals surface area contributed by atoms with Crippen molar-refractivity contribution in [2.75, 3.05) is 13.7 Å². The molecule has 0 bridgehead atoms. The lowest BCUT2D eigenvalue weighted by atomic mass is 9.97. The van der Waals surface area contributed by atoms with Crippen molar-refractivity contribution in [3.63, 3.8) is 0 Å². The fraction of sp³-hybridized carbons (Fsp3) is 0.846. The molecule has 2 atom stereocenters. The van der Waals surface area contributed by atoms with Crippen molar-refractivity contribution in [2.45, 2.75) is 52.1 Å². The lowest BCUT2D eigenvalue weighted by molar-refractivity contribution is 0.116. The molecule has 1 aromatic rings.